The van der Waals surface area contributed by atoms with Crippen molar-refractivity contribution in [3.05, 3.63) is 41.3 Å². The normalized spacial score (nSPS) is 13.2. The molecular weight excluding hydrogens is 192 g/mol. The van der Waals surface area contributed by atoms with E-state index in [-0.39, 0.29) is 0 Å². The van der Waals surface area contributed by atoms with Crippen LogP contribution in [0.25, 0.3) is 6.08 Å². The average molecular weight is 208 g/mol. The summed E-state index contributed by atoms with van der Waals surface area (Å²) in [6.07, 6.45) is 4.06. The Morgan fingerprint density at radius 3 is 2.64 bits per heavy atom. The zero-order chi connectivity index (χ0) is 10.2. The molecule has 0 aliphatic rings. The Labute approximate surface area is 88.3 Å². The Balaban J connectivity index is 2.44. The van der Waals surface area contributed by atoms with Crippen molar-refractivity contribution < 1.29 is 4.21 Å². The molecule has 0 aliphatic heterocycles. The topological polar surface area (TPSA) is 17.1 Å². The molecule has 0 fully saturated rings. The van der Waals surface area contributed by atoms with Gasteiger partial charge in [0.2, 0.25) is 0 Å². The molecule has 1 atom stereocenters. The van der Waals surface area contributed by atoms with Gasteiger partial charge in [0.25, 0.3) is 0 Å². The van der Waals surface area contributed by atoms with Gasteiger partial charge in [-0.1, -0.05) is 43.7 Å². The lowest BCUT2D eigenvalue weighted by Gasteiger charge is -1.94. The summed E-state index contributed by atoms with van der Waals surface area (Å²) in [4.78, 5) is 0. The minimum Gasteiger partial charge on any atom is -0.255 e. The molecule has 0 aliphatic carbocycles. The Bertz CT molecular complexity index is 303. The largest absolute Gasteiger partial charge is 0.255 e. The van der Waals surface area contributed by atoms with Crippen molar-refractivity contribution >= 4 is 16.9 Å². The van der Waals surface area contributed by atoms with E-state index in [4.69, 9.17) is 0 Å². The Hall–Kier alpha value is -0.890. The fraction of sp³-hybridized carbons (Fsp3) is 0.333. The third kappa shape index (κ3) is 4.38. The van der Waals surface area contributed by atoms with Gasteiger partial charge >= 0.3 is 0 Å². The lowest BCUT2D eigenvalue weighted by Crippen LogP contribution is -1.91. The second-order valence-corrected chi connectivity index (χ2v) is 4.59. The molecule has 1 rings (SSSR count). The molecule has 2 heteroatoms. The molecule has 0 aromatic heterocycles. The van der Waals surface area contributed by atoms with E-state index in [1.807, 2.05) is 36.4 Å². The monoisotopic (exact) mass is 208 g/mol. The van der Waals surface area contributed by atoms with Gasteiger partial charge in [-0.2, -0.15) is 0 Å². The molecule has 0 N–H and O–H groups in total. The molecule has 0 amide bonds. The zero-order valence-corrected chi connectivity index (χ0v) is 9.30. The quantitative estimate of drug-likeness (QED) is 0.726. The standard InChI is InChI=1S/C12H16OS/c1-2-3-10-14(13)11-9-12-7-5-4-6-8-12/h4-9,11H,2-3,10H2,1H3/b11-9-. The molecule has 0 bridgehead atoms. The van der Waals surface area contributed by atoms with Crippen molar-refractivity contribution in [1.29, 1.82) is 0 Å². The summed E-state index contributed by atoms with van der Waals surface area (Å²) in [5, 5.41) is 1.78. The number of unbranched alkanes of at least 4 members (excludes halogenated alkanes) is 1. The third-order valence-electron chi connectivity index (χ3n) is 1.91. The lowest BCUT2D eigenvalue weighted by molar-refractivity contribution is 0.685. The molecule has 0 saturated heterocycles. The van der Waals surface area contributed by atoms with Crippen molar-refractivity contribution in [3.63, 3.8) is 0 Å². The third-order valence-corrected chi connectivity index (χ3v) is 3.04. The number of hydrogen-bond acceptors (Lipinski definition) is 1. The van der Waals surface area contributed by atoms with E-state index in [9.17, 15) is 4.21 Å². The minimum absolute atomic E-state index is 0.778. The maximum Gasteiger partial charge on any atom is 0.0456 e. The van der Waals surface area contributed by atoms with Crippen LogP contribution >= 0.6 is 0 Å². The zero-order valence-electron chi connectivity index (χ0n) is 8.48. The highest BCUT2D eigenvalue weighted by molar-refractivity contribution is 7.88. The van der Waals surface area contributed by atoms with E-state index in [1.54, 1.807) is 5.41 Å². The molecule has 76 valence electrons. The van der Waals surface area contributed by atoms with E-state index in [2.05, 4.69) is 6.92 Å². The highest BCUT2D eigenvalue weighted by Gasteiger charge is 1.92. The first-order chi connectivity index (χ1) is 6.83. The average Bonchev–Trinajstić information content (AvgIpc) is 2.25. The van der Waals surface area contributed by atoms with Gasteiger partial charge in [0.05, 0.1) is 0 Å². The number of hydrogen-bond donors (Lipinski definition) is 0. The first kappa shape index (κ1) is 11.2. The van der Waals surface area contributed by atoms with Crippen LogP contribution in [0.2, 0.25) is 0 Å². The molecule has 1 aromatic rings. The molecule has 1 aromatic carbocycles. The van der Waals surface area contributed by atoms with Crippen molar-refractivity contribution in [1.82, 2.24) is 0 Å². The summed E-state index contributed by atoms with van der Waals surface area (Å²) in [6.45, 7) is 2.11. The van der Waals surface area contributed by atoms with E-state index >= 15 is 0 Å². The molecule has 14 heavy (non-hydrogen) atoms. The molecule has 0 heterocycles. The van der Waals surface area contributed by atoms with Crippen molar-refractivity contribution in [3.8, 4) is 0 Å². The van der Waals surface area contributed by atoms with Crippen LogP contribution < -0.4 is 0 Å². The van der Waals surface area contributed by atoms with Gasteiger partial charge in [-0.05, 0) is 18.1 Å². The van der Waals surface area contributed by atoms with Crippen LogP contribution in [0.5, 0.6) is 0 Å². The van der Waals surface area contributed by atoms with E-state index in [0.717, 1.165) is 24.2 Å². The van der Waals surface area contributed by atoms with Crippen molar-refractivity contribution in [2.75, 3.05) is 5.75 Å². The number of benzene rings is 1. The van der Waals surface area contributed by atoms with E-state index in [0.29, 0.717) is 0 Å². The summed E-state index contributed by atoms with van der Waals surface area (Å²) < 4.78 is 11.4. The van der Waals surface area contributed by atoms with Gasteiger partial charge in [0.15, 0.2) is 0 Å². The molecular formula is C12H16OS. The van der Waals surface area contributed by atoms with Crippen LogP contribution in [0.1, 0.15) is 25.3 Å². The van der Waals surface area contributed by atoms with Crippen LogP contribution in [0.3, 0.4) is 0 Å². The van der Waals surface area contributed by atoms with Crippen LogP contribution in [0.15, 0.2) is 35.7 Å². The van der Waals surface area contributed by atoms with Gasteiger partial charge in [-0.25, -0.2) is 0 Å². The first-order valence-corrected chi connectivity index (χ1v) is 6.31. The first-order valence-electron chi connectivity index (χ1n) is 4.93. The lowest BCUT2D eigenvalue weighted by atomic mass is 10.2. The van der Waals surface area contributed by atoms with Gasteiger partial charge in [-0.3, -0.25) is 4.21 Å². The van der Waals surface area contributed by atoms with Gasteiger partial charge in [0, 0.05) is 22.0 Å². The number of rotatable bonds is 5. The van der Waals surface area contributed by atoms with Crippen LogP contribution in [-0.4, -0.2) is 9.96 Å². The molecule has 1 unspecified atom stereocenters. The van der Waals surface area contributed by atoms with Gasteiger partial charge < -0.3 is 0 Å². The molecule has 0 saturated carbocycles. The minimum atomic E-state index is -0.801. The summed E-state index contributed by atoms with van der Waals surface area (Å²) in [7, 11) is -0.801. The Morgan fingerprint density at radius 1 is 1.29 bits per heavy atom. The highest BCUT2D eigenvalue weighted by atomic mass is 32.2. The molecule has 0 spiro atoms. The van der Waals surface area contributed by atoms with Crippen molar-refractivity contribution in [2.45, 2.75) is 19.8 Å². The summed E-state index contributed by atoms with van der Waals surface area (Å²) in [6, 6.07) is 9.95. The van der Waals surface area contributed by atoms with E-state index < -0.39 is 10.8 Å². The maximum absolute atomic E-state index is 11.4. The van der Waals surface area contributed by atoms with Crippen molar-refractivity contribution in [2.24, 2.45) is 0 Å². The summed E-state index contributed by atoms with van der Waals surface area (Å²) in [5.74, 6) is 0.778. The second kappa shape index (κ2) is 6.55. The summed E-state index contributed by atoms with van der Waals surface area (Å²) >= 11 is 0. The van der Waals surface area contributed by atoms with Gasteiger partial charge in [0.1, 0.15) is 0 Å². The fourth-order valence-corrected chi connectivity index (χ4v) is 2.09. The fourth-order valence-electron chi connectivity index (χ4n) is 1.07. The molecule has 1 nitrogen and oxygen atoms in total. The second-order valence-electron chi connectivity index (χ2n) is 3.15. The van der Waals surface area contributed by atoms with E-state index in [1.165, 1.54) is 0 Å². The molecule has 0 radical (unpaired) electrons. The maximum atomic E-state index is 11.4. The highest BCUT2D eigenvalue weighted by Crippen LogP contribution is 2.02. The Kier molecular flexibility index (Phi) is 5.23. The SMILES string of the molecule is CCCCS(=O)/C=C\c1ccccc1. The summed E-state index contributed by atoms with van der Waals surface area (Å²) in [5.41, 5.74) is 1.11. The van der Waals surface area contributed by atoms with Crippen LogP contribution in [-0.2, 0) is 10.8 Å². The predicted octanol–water partition coefficient (Wildman–Crippen LogP) is 3.21. The predicted molar refractivity (Wildman–Crippen MR) is 63.4 cm³/mol. The Morgan fingerprint density at radius 2 is 2.00 bits per heavy atom. The van der Waals surface area contributed by atoms with Gasteiger partial charge in [-0.15, -0.1) is 0 Å². The smallest absolute Gasteiger partial charge is 0.0456 e. The van der Waals surface area contributed by atoms with Crippen LogP contribution in [0.4, 0.5) is 0 Å². The van der Waals surface area contributed by atoms with Crippen LogP contribution in [0, 0.1) is 0 Å².